The van der Waals surface area contributed by atoms with Gasteiger partial charge in [0, 0.05) is 12.6 Å². The maximum absolute atomic E-state index is 13.1. The smallest absolute Gasteiger partial charge is 0.233 e. The molecular weight excluding hydrogens is 247 g/mol. The molecule has 2 N–H and O–H groups in total. The fourth-order valence-electron chi connectivity index (χ4n) is 1.87. The summed E-state index contributed by atoms with van der Waals surface area (Å²) in [6.45, 7) is 0.829. The van der Waals surface area contributed by atoms with E-state index >= 15 is 0 Å². The van der Waals surface area contributed by atoms with E-state index in [0.717, 1.165) is 18.4 Å². The topological polar surface area (TPSA) is 50.4 Å². The maximum Gasteiger partial charge on any atom is 0.233 e. The number of halogens is 1. The Labute approximate surface area is 112 Å². The summed E-state index contributed by atoms with van der Waals surface area (Å²) < 4.78 is 18.3. The van der Waals surface area contributed by atoms with Crippen molar-refractivity contribution in [2.75, 3.05) is 20.2 Å². The van der Waals surface area contributed by atoms with Gasteiger partial charge in [-0.25, -0.2) is 4.39 Å². The molecule has 1 saturated carbocycles. The summed E-state index contributed by atoms with van der Waals surface area (Å²) in [6.07, 6.45) is 2.87. The van der Waals surface area contributed by atoms with Gasteiger partial charge in [-0.15, -0.1) is 0 Å². The highest BCUT2D eigenvalue weighted by atomic mass is 19.1. The average molecular weight is 266 g/mol. The first-order chi connectivity index (χ1) is 9.19. The fraction of sp³-hybridized carbons (Fsp3) is 0.500. The Balaban J connectivity index is 1.74. The SMILES string of the molecule is COc1ccc(F)cc1CCNC(=O)CNC1CC1. The number of rotatable bonds is 7. The predicted octanol–water partition coefficient (Wildman–Crippen LogP) is 1.24. The Hall–Kier alpha value is -1.62. The van der Waals surface area contributed by atoms with E-state index in [1.54, 1.807) is 13.2 Å². The Kier molecular flexibility index (Phi) is 4.74. The molecule has 2 rings (SSSR count). The molecule has 1 aliphatic carbocycles. The van der Waals surface area contributed by atoms with Gasteiger partial charge in [0.2, 0.25) is 5.91 Å². The van der Waals surface area contributed by atoms with Gasteiger partial charge >= 0.3 is 0 Å². The largest absolute Gasteiger partial charge is 0.496 e. The number of hydrogen-bond donors (Lipinski definition) is 2. The van der Waals surface area contributed by atoms with Crippen LogP contribution in [0.4, 0.5) is 4.39 Å². The summed E-state index contributed by atoms with van der Waals surface area (Å²) in [5, 5.41) is 5.95. The molecule has 0 aromatic heterocycles. The molecule has 19 heavy (non-hydrogen) atoms. The zero-order valence-electron chi connectivity index (χ0n) is 11.0. The molecular formula is C14H19FN2O2. The van der Waals surface area contributed by atoms with Crippen LogP contribution in [0.15, 0.2) is 18.2 Å². The summed E-state index contributed by atoms with van der Waals surface area (Å²) in [6, 6.07) is 4.92. The number of amides is 1. The second-order valence-corrected chi connectivity index (χ2v) is 4.71. The van der Waals surface area contributed by atoms with Gasteiger partial charge in [-0.05, 0) is 43.0 Å². The predicted molar refractivity (Wildman–Crippen MR) is 70.7 cm³/mol. The van der Waals surface area contributed by atoms with E-state index in [9.17, 15) is 9.18 Å². The second kappa shape index (κ2) is 6.52. The van der Waals surface area contributed by atoms with Crippen molar-refractivity contribution >= 4 is 5.91 Å². The highest BCUT2D eigenvalue weighted by Gasteiger charge is 2.20. The van der Waals surface area contributed by atoms with Gasteiger partial charge in [0.05, 0.1) is 13.7 Å². The lowest BCUT2D eigenvalue weighted by atomic mass is 10.1. The van der Waals surface area contributed by atoms with Crippen LogP contribution in [0.1, 0.15) is 18.4 Å². The molecule has 1 fully saturated rings. The van der Waals surface area contributed by atoms with E-state index in [2.05, 4.69) is 10.6 Å². The fourth-order valence-corrected chi connectivity index (χ4v) is 1.87. The van der Waals surface area contributed by atoms with Gasteiger partial charge < -0.3 is 15.4 Å². The van der Waals surface area contributed by atoms with Crippen molar-refractivity contribution in [3.63, 3.8) is 0 Å². The second-order valence-electron chi connectivity index (χ2n) is 4.71. The number of benzene rings is 1. The standard InChI is InChI=1S/C14H19FN2O2/c1-19-13-5-2-11(15)8-10(13)6-7-16-14(18)9-17-12-3-4-12/h2,5,8,12,17H,3-4,6-7,9H2,1H3,(H,16,18). The van der Waals surface area contributed by atoms with Crippen molar-refractivity contribution in [1.82, 2.24) is 10.6 Å². The van der Waals surface area contributed by atoms with Crippen LogP contribution in [0.2, 0.25) is 0 Å². The molecule has 1 aromatic rings. The Morgan fingerprint density at radius 1 is 1.47 bits per heavy atom. The molecule has 0 radical (unpaired) electrons. The quantitative estimate of drug-likeness (QED) is 0.781. The minimum absolute atomic E-state index is 0.0257. The Bertz CT molecular complexity index is 447. The van der Waals surface area contributed by atoms with Crippen molar-refractivity contribution in [2.24, 2.45) is 0 Å². The van der Waals surface area contributed by atoms with E-state index in [-0.39, 0.29) is 11.7 Å². The molecule has 1 aromatic carbocycles. The van der Waals surface area contributed by atoms with Crippen LogP contribution in [0.25, 0.3) is 0 Å². The lowest BCUT2D eigenvalue weighted by Crippen LogP contribution is -2.35. The first-order valence-corrected chi connectivity index (χ1v) is 6.51. The molecule has 0 heterocycles. The summed E-state index contributed by atoms with van der Waals surface area (Å²) in [7, 11) is 1.55. The first-order valence-electron chi connectivity index (χ1n) is 6.51. The number of hydrogen-bond acceptors (Lipinski definition) is 3. The number of ether oxygens (including phenoxy) is 1. The van der Waals surface area contributed by atoms with Gasteiger partial charge in [-0.1, -0.05) is 0 Å². The lowest BCUT2D eigenvalue weighted by Gasteiger charge is -2.09. The van der Waals surface area contributed by atoms with Crippen molar-refractivity contribution in [2.45, 2.75) is 25.3 Å². The normalized spacial score (nSPS) is 14.2. The van der Waals surface area contributed by atoms with Crippen LogP contribution in [0.3, 0.4) is 0 Å². The van der Waals surface area contributed by atoms with E-state index in [1.165, 1.54) is 12.1 Å². The van der Waals surface area contributed by atoms with Crippen molar-refractivity contribution in [3.8, 4) is 5.75 Å². The minimum Gasteiger partial charge on any atom is -0.496 e. The van der Waals surface area contributed by atoms with E-state index in [0.29, 0.717) is 31.3 Å². The molecule has 1 aliphatic rings. The maximum atomic E-state index is 13.1. The van der Waals surface area contributed by atoms with Crippen molar-refractivity contribution < 1.29 is 13.9 Å². The van der Waals surface area contributed by atoms with Crippen LogP contribution in [0, 0.1) is 5.82 Å². The third-order valence-electron chi connectivity index (χ3n) is 3.09. The number of carbonyl (C=O) groups is 1. The van der Waals surface area contributed by atoms with Crippen molar-refractivity contribution in [3.05, 3.63) is 29.6 Å². The van der Waals surface area contributed by atoms with E-state index in [4.69, 9.17) is 4.74 Å². The lowest BCUT2D eigenvalue weighted by molar-refractivity contribution is -0.120. The zero-order chi connectivity index (χ0) is 13.7. The number of nitrogens with one attached hydrogen (secondary N) is 2. The molecule has 0 aliphatic heterocycles. The molecule has 0 bridgehead atoms. The van der Waals surface area contributed by atoms with Crippen LogP contribution in [-0.2, 0) is 11.2 Å². The molecule has 104 valence electrons. The highest BCUT2D eigenvalue weighted by Crippen LogP contribution is 2.19. The highest BCUT2D eigenvalue weighted by molar-refractivity contribution is 5.78. The average Bonchev–Trinajstić information content (AvgIpc) is 3.21. The van der Waals surface area contributed by atoms with E-state index < -0.39 is 0 Å². The molecule has 4 nitrogen and oxygen atoms in total. The van der Waals surface area contributed by atoms with Gasteiger partial charge in [0.15, 0.2) is 0 Å². The van der Waals surface area contributed by atoms with E-state index in [1.807, 2.05) is 0 Å². The van der Waals surface area contributed by atoms with Crippen LogP contribution in [-0.4, -0.2) is 32.1 Å². The van der Waals surface area contributed by atoms with Crippen LogP contribution >= 0.6 is 0 Å². The third-order valence-corrected chi connectivity index (χ3v) is 3.09. The zero-order valence-corrected chi connectivity index (χ0v) is 11.0. The van der Waals surface area contributed by atoms with Gasteiger partial charge in [0.25, 0.3) is 0 Å². The summed E-state index contributed by atoms with van der Waals surface area (Å²) >= 11 is 0. The van der Waals surface area contributed by atoms with Crippen molar-refractivity contribution in [1.29, 1.82) is 0 Å². The molecule has 5 heteroatoms. The third kappa shape index (κ3) is 4.52. The van der Waals surface area contributed by atoms with Gasteiger partial charge in [-0.3, -0.25) is 4.79 Å². The number of carbonyl (C=O) groups excluding carboxylic acids is 1. The molecule has 0 atom stereocenters. The Morgan fingerprint density at radius 3 is 2.95 bits per heavy atom. The molecule has 0 saturated heterocycles. The van der Waals surface area contributed by atoms with Gasteiger partial charge in [-0.2, -0.15) is 0 Å². The molecule has 0 spiro atoms. The summed E-state index contributed by atoms with van der Waals surface area (Å²) in [4.78, 5) is 11.5. The minimum atomic E-state index is -0.294. The summed E-state index contributed by atoms with van der Waals surface area (Å²) in [5.41, 5.74) is 0.762. The Morgan fingerprint density at radius 2 is 2.26 bits per heavy atom. The molecule has 0 unspecified atom stereocenters. The first kappa shape index (κ1) is 13.8. The number of methoxy groups -OCH3 is 1. The van der Waals surface area contributed by atoms with Crippen LogP contribution in [0.5, 0.6) is 5.75 Å². The van der Waals surface area contributed by atoms with Gasteiger partial charge in [0.1, 0.15) is 11.6 Å². The monoisotopic (exact) mass is 266 g/mol. The van der Waals surface area contributed by atoms with Crippen LogP contribution < -0.4 is 15.4 Å². The molecule has 1 amide bonds. The summed E-state index contributed by atoms with van der Waals surface area (Å²) in [5.74, 6) is 0.326.